The summed E-state index contributed by atoms with van der Waals surface area (Å²) in [5.74, 6) is 0. The zero-order chi connectivity index (χ0) is 13.0. The third-order valence-electron chi connectivity index (χ3n) is 4.07. The van der Waals surface area contributed by atoms with E-state index in [9.17, 15) is 0 Å². The summed E-state index contributed by atoms with van der Waals surface area (Å²) < 4.78 is 0. The van der Waals surface area contributed by atoms with Crippen LogP contribution >= 0.6 is 0 Å². The lowest BCUT2D eigenvalue weighted by Gasteiger charge is -2.25. The summed E-state index contributed by atoms with van der Waals surface area (Å²) in [4.78, 5) is 2.53. The van der Waals surface area contributed by atoms with Gasteiger partial charge in [-0.1, -0.05) is 26.0 Å². The zero-order valence-electron chi connectivity index (χ0n) is 11.8. The fourth-order valence-corrected chi connectivity index (χ4v) is 2.72. The van der Waals surface area contributed by atoms with Crippen molar-refractivity contribution < 1.29 is 0 Å². The SMILES string of the molecule is CC1(C)CCCN(c2ccc(CCN)cc2)CC1. The predicted molar refractivity (Wildman–Crippen MR) is 79.0 cm³/mol. The van der Waals surface area contributed by atoms with Gasteiger partial charge in [-0.3, -0.25) is 0 Å². The van der Waals surface area contributed by atoms with Gasteiger partial charge in [-0.2, -0.15) is 0 Å². The van der Waals surface area contributed by atoms with Gasteiger partial charge < -0.3 is 10.6 Å². The number of rotatable bonds is 3. The molecule has 0 unspecified atom stereocenters. The zero-order valence-corrected chi connectivity index (χ0v) is 11.8. The smallest absolute Gasteiger partial charge is 0.0366 e. The molecule has 1 aliphatic heterocycles. The summed E-state index contributed by atoms with van der Waals surface area (Å²) in [7, 11) is 0. The largest absolute Gasteiger partial charge is 0.372 e. The first-order valence-electron chi connectivity index (χ1n) is 7.15. The first-order valence-corrected chi connectivity index (χ1v) is 7.15. The fourth-order valence-electron chi connectivity index (χ4n) is 2.72. The molecule has 1 aromatic rings. The second-order valence-corrected chi connectivity index (χ2v) is 6.21. The van der Waals surface area contributed by atoms with Crippen LogP contribution in [-0.2, 0) is 6.42 Å². The second kappa shape index (κ2) is 5.75. The summed E-state index contributed by atoms with van der Waals surface area (Å²) >= 11 is 0. The monoisotopic (exact) mass is 246 g/mol. The Labute approximate surface area is 111 Å². The maximum Gasteiger partial charge on any atom is 0.0366 e. The molecule has 1 fully saturated rings. The van der Waals surface area contributed by atoms with Crippen molar-refractivity contribution in [1.29, 1.82) is 0 Å². The van der Waals surface area contributed by atoms with Gasteiger partial charge in [0.25, 0.3) is 0 Å². The summed E-state index contributed by atoms with van der Waals surface area (Å²) in [6.07, 6.45) is 4.91. The normalized spacial score (nSPS) is 19.6. The van der Waals surface area contributed by atoms with Crippen LogP contribution in [-0.4, -0.2) is 19.6 Å². The van der Waals surface area contributed by atoms with Crippen molar-refractivity contribution >= 4 is 5.69 Å². The van der Waals surface area contributed by atoms with E-state index in [0.29, 0.717) is 5.41 Å². The van der Waals surface area contributed by atoms with E-state index in [2.05, 4.69) is 43.0 Å². The highest BCUT2D eigenvalue weighted by Crippen LogP contribution is 2.31. The average Bonchev–Trinajstić information content (AvgIpc) is 2.52. The third kappa shape index (κ3) is 3.49. The molecule has 1 heterocycles. The number of anilines is 1. The Morgan fingerprint density at radius 3 is 2.50 bits per heavy atom. The van der Waals surface area contributed by atoms with E-state index >= 15 is 0 Å². The molecule has 1 saturated heterocycles. The van der Waals surface area contributed by atoms with E-state index in [1.54, 1.807) is 0 Å². The van der Waals surface area contributed by atoms with E-state index in [1.165, 1.54) is 43.6 Å². The quantitative estimate of drug-likeness (QED) is 0.887. The van der Waals surface area contributed by atoms with Crippen molar-refractivity contribution in [3.63, 3.8) is 0 Å². The average molecular weight is 246 g/mol. The molecule has 2 N–H and O–H groups in total. The van der Waals surface area contributed by atoms with Gasteiger partial charge >= 0.3 is 0 Å². The van der Waals surface area contributed by atoms with E-state index in [1.807, 2.05) is 0 Å². The third-order valence-corrected chi connectivity index (χ3v) is 4.07. The molecule has 0 saturated carbocycles. The van der Waals surface area contributed by atoms with Gasteiger partial charge in [-0.25, -0.2) is 0 Å². The Kier molecular flexibility index (Phi) is 4.28. The van der Waals surface area contributed by atoms with Crippen LogP contribution in [0.4, 0.5) is 5.69 Å². The van der Waals surface area contributed by atoms with E-state index in [4.69, 9.17) is 5.73 Å². The molecule has 0 spiro atoms. The molecule has 0 bridgehead atoms. The molecular weight excluding hydrogens is 220 g/mol. The molecule has 2 heteroatoms. The molecular formula is C16H26N2. The Hall–Kier alpha value is -1.02. The first kappa shape index (κ1) is 13.4. The van der Waals surface area contributed by atoms with Gasteiger partial charge in [0.05, 0.1) is 0 Å². The molecule has 2 nitrogen and oxygen atoms in total. The molecule has 0 aromatic heterocycles. The van der Waals surface area contributed by atoms with Gasteiger partial charge in [-0.05, 0) is 55.3 Å². The van der Waals surface area contributed by atoms with Crippen LogP contribution < -0.4 is 10.6 Å². The Balaban J connectivity index is 2.02. The Morgan fingerprint density at radius 2 is 1.83 bits per heavy atom. The highest BCUT2D eigenvalue weighted by Gasteiger charge is 2.22. The van der Waals surface area contributed by atoms with E-state index < -0.39 is 0 Å². The maximum absolute atomic E-state index is 5.58. The summed E-state index contributed by atoms with van der Waals surface area (Å²) in [5.41, 5.74) is 8.80. The Bertz CT molecular complexity index is 367. The van der Waals surface area contributed by atoms with Gasteiger partial charge in [0, 0.05) is 18.8 Å². The number of hydrogen-bond donors (Lipinski definition) is 1. The van der Waals surface area contributed by atoms with Gasteiger partial charge in [0.2, 0.25) is 0 Å². The van der Waals surface area contributed by atoms with Crippen LogP contribution in [0.5, 0.6) is 0 Å². The van der Waals surface area contributed by atoms with Crippen molar-refractivity contribution in [3.05, 3.63) is 29.8 Å². The van der Waals surface area contributed by atoms with E-state index in [0.717, 1.165) is 13.0 Å². The van der Waals surface area contributed by atoms with Crippen LogP contribution in [0.25, 0.3) is 0 Å². The number of hydrogen-bond acceptors (Lipinski definition) is 2. The lowest BCUT2D eigenvalue weighted by molar-refractivity contribution is 0.325. The summed E-state index contributed by atoms with van der Waals surface area (Å²) in [6, 6.07) is 8.95. The Morgan fingerprint density at radius 1 is 1.11 bits per heavy atom. The molecule has 2 rings (SSSR count). The molecule has 0 amide bonds. The van der Waals surface area contributed by atoms with Gasteiger partial charge in [0.15, 0.2) is 0 Å². The van der Waals surface area contributed by atoms with Crippen LogP contribution in [0, 0.1) is 5.41 Å². The highest BCUT2D eigenvalue weighted by atomic mass is 15.1. The number of benzene rings is 1. The topological polar surface area (TPSA) is 29.3 Å². The van der Waals surface area contributed by atoms with Crippen LogP contribution in [0.3, 0.4) is 0 Å². The molecule has 1 aromatic carbocycles. The minimum Gasteiger partial charge on any atom is -0.372 e. The number of nitrogens with two attached hydrogens (primary N) is 1. The van der Waals surface area contributed by atoms with Crippen molar-refractivity contribution in [2.24, 2.45) is 11.1 Å². The summed E-state index contributed by atoms with van der Waals surface area (Å²) in [5, 5.41) is 0. The molecule has 0 radical (unpaired) electrons. The van der Waals surface area contributed by atoms with Gasteiger partial charge in [0.1, 0.15) is 0 Å². The lowest BCUT2D eigenvalue weighted by atomic mass is 9.85. The summed E-state index contributed by atoms with van der Waals surface area (Å²) in [6.45, 7) is 7.89. The van der Waals surface area contributed by atoms with Crippen LogP contribution in [0.2, 0.25) is 0 Å². The maximum atomic E-state index is 5.58. The van der Waals surface area contributed by atoms with Crippen molar-refractivity contribution in [1.82, 2.24) is 0 Å². The standard InChI is InChI=1S/C16H26N2/c1-16(2)9-3-12-18(13-10-16)15-6-4-14(5-7-15)8-11-17/h4-7H,3,8-13,17H2,1-2H3. The minimum atomic E-state index is 0.508. The lowest BCUT2D eigenvalue weighted by Crippen LogP contribution is -2.24. The first-order chi connectivity index (χ1) is 8.61. The van der Waals surface area contributed by atoms with Crippen molar-refractivity contribution in [2.75, 3.05) is 24.5 Å². The molecule has 0 aliphatic carbocycles. The molecule has 1 aliphatic rings. The van der Waals surface area contributed by atoms with E-state index in [-0.39, 0.29) is 0 Å². The van der Waals surface area contributed by atoms with Crippen molar-refractivity contribution in [3.8, 4) is 0 Å². The fraction of sp³-hybridized carbons (Fsp3) is 0.625. The molecule has 100 valence electrons. The van der Waals surface area contributed by atoms with Gasteiger partial charge in [-0.15, -0.1) is 0 Å². The molecule has 0 atom stereocenters. The van der Waals surface area contributed by atoms with Crippen molar-refractivity contribution in [2.45, 2.75) is 39.5 Å². The highest BCUT2D eigenvalue weighted by molar-refractivity contribution is 5.47. The molecule has 18 heavy (non-hydrogen) atoms. The predicted octanol–water partition coefficient (Wildman–Crippen LogP) is 3.20. The minimum absolute atomic E-state index is 0.508. The van der Waals surface area contributed by atoms with Crippen LogP contribution in [0.15, 0.2) is 24.3 Å². The second-order valence-electron chi connectivity index (χ2n) is 6.21. The number of nitrogens with zero attached hydrogens (tertiary/aromatic N) is 1. The van der Waals surface area contributed by atoms with Crippen LogP contribution in [0.1, 0.15) is 38.7 Å².